The van der Waals surface area contributed by atoms with Crippen LogP contribution in [-0.2, 0) is 9.84 Å². The highest BCUT2D eigenvalue weighted by molar-refractivity contribution is 7.90. The van der Waals surface area contributed by atoms with Gasteiger partial charge in [-0.05, 0) is 12.1 Å². The molecule has 2 aliphatic rings. The number of alkyl halides is 4. The smallest absolute Gasteiger partial charge is 0.312 e. The Morgan fingerprint density at radius 3 is 2.35 bits per heavy atom. The van der Waals surface area contributed by atoms with E-state index < -0.39 is 56.3 Å². The summed E-state index contributed by atoms with van der Waals surface area (Å²) < 4.78 is 83.4. The van der Waals surface area contributed by atoms with Crippen molar-refractivity contribution in [2.45, 2.75) is 48.2 Å². The van der Waals surface area contributed by atoms with Gasteiger partial charge in [-0.1, -0.05) is 0 Å². The van der Waals surface area contributed by atoms with Gasteiger partial charge in [-0.15, -0.1) is 0 Å². The van der Waals surface area contributed by atoms with Gasteiger partial charge in [0.2, 0.25) is 0 Å². The van der Waals surface area contributed by atoms with Gasteiger partial charge in [0.15, 0.2) is 16.0 Å². The van der Waals surface area contributed by atoms with E-state index in [2.05, 4.69) is 0 Å². The summed E-state index contributed by atoms with van der Waals surface area (Å²) in [5.41, 5.74) is -1.36. The minimum atomic E-state index is -4.16. The Labute approximate surface area is 130 Å². The molecular weight excluding hydrogens is 340 g/mol. The quantitative estimate of drug-likeness (QED) is 0.848. The monoisotopic (exact) mass is 354 g/mol. The lowest BCUT2D eigenvalue weighted by Crippen LogP contribution is -2.35. The Kier molecular flexibility index (Phi) is 3.64. The first-order valence-corrected chi connectivity index (χ1v) is 8.80. The summed E-state index contributed by atoms with van der Waals surface area (Å²) in [5, 5.41) is 9.73. The molecule has 0 aliphatic heterocycles. The average Bonchev–Trinajstić information content (AvgIpc) is 2.58. The van der Waals surface area contributed by atoms with Crippen molar-refractivity contribution < 1.29 is 35.8 Å². The fraction of sp³-hybridized carbons (Fsp3) is 0.571. The molecule has 4 nitrogen and oxygen atoms in total. The molecule has 0 bridgehead atoms. The fourth-order valence-corrected chi connectivity index (χ4v) is 3.80. The number of sulfone groups is 1. The zero-order valence-corrected chi connectivity index (χ0v) is 12.8. The van der Waals surface area contributed by atoms with Crippen molar-refractivity contribution in [2.24, 2.45) is 0 Å². The van der Waals surface area contributed by atoms with Gasteiger partial charge in [0.1, 0.15) is 24.1 Å². The van der Waals surface area contributed by atoms with Crippen LogP contribution in [0, 0.1) is 0 Å². The third-order valence-electron chi connectivity index (χ3n) is 4.17. The van der Waals surface area contributed by atoms with E-state index in [0.717, 1.165) is 18.4 Å². The van der Waals surface area contributed by atoms with Gasteiger partial charge >= 0.3 is 5.92 Å². The topological polar surface area (TPSA) is 63.6 Å². The third-order valence-corrected chi connectivity index (χ3v) is 5.32. The van der Waals surface area contributed by atoms with Crippen LogP contribution in [0.1, 0.15) is 36.2 Å². The van der Waals surface area contributed by atoms with Gasteiger partial charge in [0.25, 0.3) is 0 Å². The van der Waals surface area contributed by atoms with E-state index in [1.165, 1.54) is 0 Å². The molecule has 1 aromatic carbocycles. The van der Waals surface area contributed by atoms with Crippen LogP contribution >= 0.6 is 0 Å². The first-order valence-electron chi connectivity index (χ1n) is 6.91. The molecule has 1 aromatic rings. The molecular formula is C14H14F4O4S. The molecule has 2 atom stereocenters. The number of aliphatic hydroxyl groups is 1. The molecule has 0 radical (unpaired) electrons. The number of rotatable bonds is 3. The van der Waals surface area contributed by atoms with Gasteiger partial charge in [-0.2, -0.15) is 8.78 Å². The molecule has 1 unspecified atom stereocenters. The maximum Gasteiger partial charge on any atom is 0.312 e. The second-order valence-corrected chi connectivity index (χ2v) is 7.89. The molecule has 3 rings (SSSR count). The van der Waals surface area contributed by atoms with Crippen LogP contribution < -0.4 is 4.74 Å². The summed E-state index contributed by atoms with van der Waals surface area (Å²) in [6, 6.07) is 2.06. The minimum absolute atomic E-state index is 0.0541. The molecule has 0 heterocycles. The first kappa shape index (κ1) is 16.5. The Morgan fingerprint density at radius 1 is 1.22 bits per heavy atom. The van der Waals surface area contributed by atoms with Gasteiger partial charge in [-0.25, -0.2) is 17.2 Å². The number of aliphatic hydroxyl groups excluding tert-OH is 1. The first-order chi connectivity index (χ1) is 10.5. The number of hydrogen-bond donors (Lipinski definition) is 1. The van der Waals surface area contributed by atoms with Crippen molar-refractivity contribution in [1.82, 2.24) is 0 Å². The second kappa shape index (κ2) is 5.07. The van der Waals surface area contributed by atoms with Crippen LogP contribution in [0.25, 0.3) is 0 Å². The van der Waals surface area contributed by atoms with Gasteiger partial charge in [-0.3, -0.25) is 0 Å². The minimum Gasteiger partial charge on any atom is -0.490 e. The molecule has 0 saturated heterocycles. The number of fused-ring (bicyclic) bond motifs is 1. The van der Waals surface area contributed by atoms with Gasteiger partial charge in [0.05, 0.1) is 4.90 Å². The van der Waals surface area contributed by atoms with E-state index in [0.29, 0.717) is 0 Å². The Morgan fingerprint density at radius 2 is 1.83 bits per heavy atom. The van der Waals surface area contributed by atoms with E-state index >= 15 is 0 Å². The standard InChI is InChI=1S/C14H14F4O4S/c1-23(20,21)9-3-2-8(22-7-4-6(15)5-7)10-11(9)13(19)14(17,18)12(10)16/h2-3,6-7,12-13,19H,4-5H2,1H3/t6?,7?,12?,13-/m0/s1. The van der Waals surface area contributed by atoms with Crippen molar-refractivity contribution in [2.75, 3.05) is 6.26 Å². The van der Waals surface area contributed by atoms with Crippen LogP contribution in [0.3, 0.4) is 0 Å². The molecule has 0 spiro atoms. The summed E-state index contributed by atoms with van der Waals surface area (Å²) in [4.78, 5) is -0.566. The number of ether oxygens (including phenoxy) is 1. The number of hydrogen-bond acceptors (Lipinski definition) is 4. The van der Waals surface area contributed by atoms with Crippen LogP contribution in [-0.4, -0.2) is 38.0 Å². The summed E-state index contributed by atoms with van der Waals surface area (Å²) in [5.74, 6) is -4.45. The van der Waals surface area contributed by atoms with E-state index in [-0.39, 0.29) is 18.6 Å². The zero-order chi connectivity index (χ0) is 17.2. The van der Waals surface area contributed by atoms with Gasteiger partial charge < -0.3 is 9.84 Å². The molecule has 23 heavy (non-hydrogen) atoms. The lowest BCUT2D eigenvalue weighted by atomic mass is 9.93. The summed E-state index contributed by atoms with van der Waals surface area (Å²) in [7, 11) is -3.96. The summed E-state index contributed by atoms with van der Waals surface area (Å²) in [6.45, 7) is 0. The Hall–Kier alpha value is -1.35. The maximum absolute atomic E-state index is 14.2. The highest BCUT2D eigenvalue weighted by Gasteiger charge is 2.59. The van der Waals surface area contributed by atoms with Crippen LogP contribution in [0.4, 0.5) is 17.6 Å². The predicted molar refractivity (Wildman–Crippen MR) is 71.9 cm³/mol. The number of halogens is 4. The molecule has 0 aromatic heterocycles. The predicted octanol–water partition coefficient (Wildman–Crippen LogP) is 2.66. The van der Waals surface area contributed by atoms with E-state index in [4.69, 9.17) is 4.74 Å². The van der Waals surface area contributed by atoms with Gasteiger partial charge in [0, 0.05) is 30.2 Å². The highest BCUT2D eigenvalue weighted by Crippen LogP contribution is 2.57. The van der Waals surface area contributed by atoms with Crippen LogP contribution in [0.15, 0.2) is 17.0 Å². The molecule has 0 amide bonds. The number of benzene rings is 1. The maximum atomic E-state index is 14.2. The lowest BCUT2D eigenvalue weighted by molar-refractivity contribution is -0.144. The lowest BCUT2D eigenvalue weighted by Gasteiger charge is -2.31. The molecule has 2 aliphatic carbocycles. The van der Waals surface area contributed by atoms with Crippen LogP contribution in [0.2, 0.25) is 0 Å². The van der Waals surface area contributed by atoms with E-state index in [1.807, 2.05) is 0 Å². The molecule has 1 saturated carbocycles. The van der Waals surface area contributed by atoms with Crippen molar-refractivity contribution >= 4 is 9.84 Å². The second-order valence-electron chi connectivity index (χ2n) is 5.91. The summed E-state index contributed by atoms with van der Waals surface area (Å²) >= 11 is 0. The summed E-state index contributed by atoms with van der Waals surface area (Å²) in [6.07, 6.45) is -6.24. The van der Waals surface area contributed by atoms with Crippen molar-refractivity contribution in [1.29, 1.82) is 0 Å². The van der Waals surface area contributed by atoms with E-state index in [1.54, 1.807) is 0 Å². The normalized spacial score (nSPS) is 32.3. The van der Waals surface area contributed by atoms with Crippen molar-refractivity contribution in [3.63, 3.8) is 0 Å². The van der Waals surface area contributed by atoms with Crippen molar-refractivity contribution in [3.8, 4) is 5.75 Å². The molecule has 1 fully saturated rings. The average molecular weight is 354 g/mol. The van der Waals surface area contributed by atoms with Crippen molar-refractivity contribution in [3.05, 3.63) is 23.3 Å². The third kappa shape index (κ3) is 2.50. The van der Waals surface area contributed by atoms with E-state index in [9.17, 15) is 31.1 Å². The zero-order valence-electron chi connectivity index (χ0n) is 12.0. The Bertz CT molecular complexity index is 743. The SMILES string of the molecule is CS(=O)(=O)c1ccc(OC2CC(F)C2)c2c1[C@H](O)C(F)(F)C2F. The molecule has 128 valence electrons. The largest absolute Gasteiger partial charge is 0.490 e. The molecule has 9 heteroatoms. The molecule has 1 N–H and O–H groups in total. The fourth-order valence-electron chi connectivity index (χ4n) is 2.87. The van der Waals surface area contributed by atoms with Crippen LogP contribution in [0.5, 0.6) is 5.75 Å². The highest BCUT2D eigenvalue weighted by atomic mass is 32.2. The Balaban J connectivity index is 2.12.